The molecular weight excluding hydrogens is 273 g/mol. The van der Waals surface area contributed by atoms with Gasteiger partial charge in [-0.15, -0.1) is 0 Å². The van der Waals surface area contributed by atoms with Crippen LogP contribution < -0.4 is 4.74 Å². The fourth-order valence-corrected chi connectivity index (χ4v) is 2.35. The molecule has 0 heterocycles. The molecule has 0 spiro atoms. The molecule has 0 atom stereocenters. The predicted molar refractivity (Wildman–Crippen MR) is 69.7 cm³/mol. The van der Waals surface area contributed by atoms with E-state index in [1.54, 1.807) is 24.3 Å². The van der Waals surface area contributed by atoms with E-state index in [2.05, 4.69) is 4.74 Å². The number of ether oxygens (including phenoxy) is 1. The van der Waals surface area contributed by atoms with E-state index >= 15 is 0 Å². The van der Waals surface area contributed by atoms with Gasteiger partial charge in [-0.1, -0.05) is 18.2 Å². The first-order valence-corrected chi connectivity index (χ1v) is 6.49. The number of hydrogen-bond donors (Lipinski definition) is 0. The SMILES string of the molecule is FC(F)(F)COc1ccc([SH+]c2ccccc2)cc1. The van der Waals surface area contributed by atoms with E-state index in [0.29, 0.717) is 0 Å². The third kappa shape index (κ3) is 4.87. The zero-order chi connectivity index (χ0) is 13.7. The van der Waals surface area contributed by atoms with E-state index in [9.17, 15) is 13.2 Å². The Morgan fingerprint density at radius 3 is 2.00 bits per heavy atom. The van der Waals surface area contributed by atoms with Crippen LogP contribution in [0.1, 0.15) is 0 Å². The third-order valence-electron chi connectivity index (χ3n) is 2.25. The van der Waals surface area contributed by atoms with Crippen LogP contribution in [-0.2, 0) is 11.8 Å². The summed E-state index contributed by atoms with van der Waals surface area (Å²) in [6.07, 6.45) is -4.30. The number of rotatable bonds is 4. The van der Waals surface area contributed by atoms with E-state index < -0.39 is 12.8 Å². The summed E-state index contributed by atoms with van der Waals surface area (Å²) in [5.41, 5.74) is 0. The lowest BCUT2D eigenvalue weighted by molar-refractivity contribution is -0.153. The molecule has 0 amide bonds. The van der Waals surface area contributed by atoms with Gasteiger partial charge in [0.25, 0.3) is 0 Å². The molecule has 5 heteroatoms. The van der Waals surface area contributed by atoms with Crippen LogP contribution in [0.4, 0.5) is 13.2 Å². The van der Waals surface area contributed by atoms with E-state index in [-0.39, 0.29) is 5.75 Å². The highest BCUT2D eigenvalue weighted by atomic mass is 32.2. The van der Waals surface area contributed by atoms with Gasteiger partial charge in [0.05, 0.1) is 0 Å². The van der Waals surface area contributed by atoms with E-state index in [1.807, 2.05) is 30.3 Å². The summed E-state index contributed by atoms with van der Waals surface area (Å²) in [5.74, 6) is 0.226. The molecule has 19 heavy (non-hydrogen) atoms. The van der Waals surface area contributed by atoms with Gasteiger partial charge in [-0.3, -0.25) is 0 Å². The number of alkyl halides is 3. The Morgan fingerprint density at radius 2 is 1.42 bits per heavy atom. The van der Waals surface area contributed by atoms with Gasteiger partial charge in [0.2, 0.25) is 0 Å². The van der Waals surface area contributed by atoms with Gasteiger partial charge in [-0.25, -0.2) is 0 Å². The van der Waals surface area contributed by atoms with Gasteiger partial charge in [0.1, 0.15) is 5.75 Å². The van der Waals surface area contributed by atoms with Crippen molar-refractivity contribution in [3.8, 4) is 5.75 Å². The Bertz CT molecular complexity index is 508. The molecule has 0 radical (unpaired) electrons. The minimum Gasteiger partial charge on any atom is -0.484 e. The van der Waals surface area contributed by atoms with Crippen molar-refractivity contribution in [1.29, 1.82) is 0 Å². The summed E-state index contributed by atoms with van der Waals surface area (Å²) in [4.78, 5) is 2.14. The Balaban J connectivity index is 1.95. The fourth-order valence-electron chi connectivity index (χ4n) is 1.43. The molecule has 100 valence electrons. The van der Waals surface area contributed by atoms with E-state index in [0.717, 1.165) is 21.6 Å². The summed E-state index contributed by atoms with van der Waals surface area (Å²) in [6, 6.07) is 16.5. The highest BCUT2D eigenvalue weighted by molar-refractivity contribution is 7.78. The van der Waals surface area contributed by atoms with Gasteiger partial charge >= 0.3 is 6.18 Å². The van der Waals surface area contributed by atoms with Crippen molar-refractivity contribution in [3.63, 3.8) is 0 Å². The number of hydrogen-bond acceptors (Lipinski definition) is 1. The molecule has 0 aliphatic rings. The summed E-state index contributed by atoms with van der Waals surface area (Å²) in [7, 11) is 0. The lowest BCUT2D eigenvalue weighted by Gasteiger charge is -2.08. The second-order valence-electron chi connectivity index (χ2n) is 3.85. The summed E-state index contributed by atoms with van der Waals surface area (Å²) in [5, 5.41) is 0. The first-order chi connectivity index (χ1) is 9.03. The molecule has 0 aliphatic heterocycles. The van der Waals surface area contributed by atoms with Gasteiger partial charge < -0.3 is 4.74 Å². The minimum absolute atomic E-state index is 0.226. The van der Waals surface area contributed by atoms with E-state index in [1.165, 1.54) is 0 Å². The second-order valence-corrected chi connectivity index (χ2v) is 5.10. The molecule has 2 aromatic carbocycles. The molecule has 0 saturated heterocycles. The summed E-state index contributed by atoms with van der Waals surface area (Å²) >= 11 is 1.01. The number of benzene rings is 2. The lowest BCUT2D eigenvalue weighted by atomic mass is 10.3. The van der Waals surface area contributed by atoms with Crippen molar-refractivity contribution in [2.24, 2.45) is 0 Å². The highest BCUT2D eigenvalue weighted by Crippen LogP contribution is 2.20. The third-order valence-corrected chi connectivity index (χ3v) is 3.37. The fraction of sp³-hybridized carbons (Fsp3) is 0.143. The van der Waals surface area contributed by atoms with Gasteiger partial charge in [0.15, 0.2) is 16.4 Å². The van der Waals surface area contributed by atoms with Crippen molar-refractivity contribution < 1.29 is 17.9 Å². The summed E-state index contributed by atoms with van der Waals surface area (Å²) < 4.78 is 40.6. The minimum atomic E-state index is -4.30. The molecule has 0 aliphatic carbocycles. The van der Waals surface area contributed by atoms with Crippen LogP contribution in [0.2, 0.25) is 0 Å². The van der Waals surface area contributed by atoms with Gasteiger partial charge in [-0.2, -0.15) is 13.2 Å². The van der Waals surface area contributed by atoms with Crippen molar-refractivity contribution in [2.45, 2.75) is 16.0 Å². The van der Waals surface area contributed by atoms with Crippen LogP contribution in [0, 0.1) is 0 Å². The first kappa shape index (κ1) is 13.8. The Morgan fingerprint density at radius 1 is 0.842 bits per heavy atom. The molecular formula is C14H12F3OS+. The Labute approximate surface area is 113 Å². The van der Waals surface area contributed by atoms with Crippen molar-refractivity contribution in [1.82, 2.24) is 0 Å². The average Bonchev–Trinajstić information content (AvgIpc) is 2.38. The average molecular weight is 285 g/mol. The largest absolute Gasteiger partial charge is 0.484 e. The van der Waals surface area contributed by atoms with Crippen LogP contribution in [0.3, 0.4) is 0 Å². The van der Waals surface area contributed by atoms with Crippen molar-refractivity contribution in [3.05, 3.63) is 54.6 Å². The molecule has 0 unspecified atom stereocenters. The molecule has 1 nitrogen and oxygen atoms in total. The van der Waals surface area contributed by atoms with Crippen LogP contribution in [0.15, 0.2) is 64.4 Å². The molecule has 2 aromatic rings. The van der Waals surface area contributed by atoms with E-state index in [4.69, 9.17) is 0 Å². The van der Waals surface area contributed by atoms with Crippen molar-refractivity contribution in [2.75, 3.05) is 6.61 Å². The van der Waals surface area contributed by atoms with Crippen LogP contribution in [0.5, 0.6) is 5.75 Å². The Hall–Kier alpha value is -1.62. The van der Waals surface area contributed by atoms with Crippen LogP contribution in [0.25, 0.3) is 0 Å². The first-order valence-electron chi connectivity index (χ1n) is 5.59. The molecule has 0 saturated carbocycles. The Kier molecular flexibility index (Phi) is 4.37. The number of thiol groups is 1. The molecule has 0 fully saturated rings. The van der Waals surface area contributed by atoms with Crippen LogP contribution >= 0.6 is 0 Å². The smallest absolute Gasteiger partial charge is 0.422 e. The van der Waals surface area contributed by atoms with Crippen molar-refractivity contribution >= 4 is 11.8 Å². The maximum absolute atomic E-state index is 12.0. The zero-order valence-corrected chi connectivity index (χ0v) is 10.8. The summed E-state index contributed by atoms with van der Waals surface area (Å²) in [6.45, 7) is -1.26. The molecule has 0 aromatic heterocycles. The molecule has 2 rings (SSSR count). The monoisotopic (exact) mass is 285 g/mol. The quantitative estimate of drug-likeness (QED) is 0.612. The lowest BCUT2D eigenvalue weighted by Crippen LogP contribution is -2.19. The predicted octanol–water partition coefficient (Wildman–Crippen LogP) is 3.86. The zero-order valence-electron chi connectivity index (χ0n) is 9.89. The standard InChI is InChI=1S/C14H11F3OS/c15-14(16,17)10-18-11-6-8-13(9-7-11)19-12-4-2-1-3-5-12/h1-9H,10H2/p+1. The van der Waals surface area contributed by atoms with Gasteiger partial charge in [0, 0.05) is 11.8 Å². The van der Waals surface area contributed by atoms with Gasteiger partial charge in [-0.05, 0) is 36.4 Å². The molecule has 0 bridgehead atoms. The maximum atomic E-state index is 12.0. The highest BCUT2D eigenvalue weighted by Gasteiger charge is 2.28. The second kappa shape index (κ2) is 6.02. The molecule has 0 N–H and O–H groups in total. The number of halogens is 3. The normalized spacial score (nSPS) is 11.3. The van der Waals surface area contributed by atoms with Crippen LogP contribution in [-0.4, -0.2) is 12.8 Å². The maximum Gasteiger partial charge on any atom is 0.422 e. The topological polar surface area (TPSA) is 9.23 Å².